The second-order valence-electron chi connectivity index (χ2n) is 8.10. The summed E-state index contributed by atoms with van der Waals surface area (Å²) in [4.78, 5) is 13.3. The van der Waals surface area contributed by atoms with Crippen LogP contribution in [0.4, 0.5) is 0 Å². The molecule has 12 heteroatoms. The Bertz CT molecular complexity index is 1270. The molecule has 2 aromatic carbocycles. The van der Waals surface area contributed by atoms with Gasteiger partial charge in [-0.15, -0.1) is 0 Å². The van der Waals surface area contributed by atoms with Crippen LogP contribution in [-0.2, 0) is 0 Å². The second-order valence-corrected chi connectivity index (χ2v) is 8.10. The first-order chi connectivity index (χ1) is 16.0. The van der Waals surface area contributed by atoms with Crippen molar-refractivity contribution in [1.29, 1.82) is 0 Å². The Hall–Kier alpha value is -3.71. The van der Waals surface area contributed by atoms with Gasteiger partial charge in [0.2, 0.25) is 11.2 Å². The summed E-state index contributed by atoms with van der Waals surface area (Å²) >= 11 is 0. The lowest BCUT2D eigenvalue weighted by atomic mass is 9.81. The van der Waals surface area contributed by atoms with Crippen molar-refractivity contribution >= 4 is 11.0 Å². The van der Waals surface area contributed by atoms with Crippen molar-refractivity contribution in [2.45, 2.75) is 30.8 Å². The molecule has 1 fully saturated rings. The molecule has 1 aromatic heterocycles. The lowest BCUT2D eigenvalue weighted by Crippen LogP contribution is -2.56. The highest BCUT2D eigenvalue weighted by atomic mass is 16.5. The summed E-state index contributed by atoms with van der Waals surface area (Å²) in [6.07, 6.45) is -6.35. The minimum atomic E-state index is -1.71. The van der Waals surface area contributed by atoms with Crippen molar-refractivity contribution in [1.82, 2.24) is 0 Å². The van der Waals surface area contributed by atoms with Crippen molar-refractivity contribution < 1.29 is 55.1 Å². The van der Waals surface area contributed by atoms with Crippen LogP contribution in [0.3, 0.4) is 0 Å². The molecule has 34 heavy (non-hydrogen) atoms. The second kappa shape index (κ2) is 8.57. The topological polar surface area (TPSA) is 222 Å². The van der Waals surface area contributed by atoms with E-state index in [4.69, 9.17) is 9.15 Å². The van der Waals surface area contributed by atoms with Crippen LogP contribution in [0.2, 0.25) is 0 Å². The molecule has 4 rings (SSSR count). The van der Waals surface area contributed by atoms with Gasteiger partial charge in [0.25, 0.3) is 0 Å². The molecule has 0 radical (unpaired) electrons. The fourth-order valence-corrected chi connectivity index (χ4v) is 4.03. The summed E-state index contributed by atoms with van der Waals surface area (Å²) in [7, 11) is 0. The van der Waals surface area contributed by atoms with E-state index in [1.165, 1.54) is 0 Å². The number of hydrogen-bond acceptors (Lipinski definition) is 12. The Morgan fingerprint density at radius 3 is 2.15 bits per heavy atom. The molecule has 3 aromatic rings. The van der Waals surface area contributed by atoms with Gasteiger partial charge in [0.05, 0.1) is 6.10 Å². The first-order valence-corrected chi connectivity index (χ1v) is 10.1. The standard InChI is InChI=1S/C22H22O12/c23-6-8-3-14(18(30)20(32)16(8)28)34-22-19(31)15-10(25)4-9(24)5-13(15)33-21(22)7-1-11(26)17(29)12(27)2-7/h1-2,4-5,8,14,16,18,20,23-30,32H,3,6H2. The first-order valence-electron chi connectivity index (χ1n) is 10.1. The Labute approximate surface area is 190 Å². The Balaban J connectivity index is 1.94. The summed E-state index contributed by atoms with van der Waals surface area (Å²) in [5.74, 6) is -5.37. The molecule has 0 aliphatic heterocycles. The molecule has 182 valence electrons. The highest BCUT2D eigenvalue weighted by molar-refractivity contribution is 5.88. The summed E-state index contributed by atoms with van der Waals surface area (Å²) < 4.78 is 11.4. The predicted octanol–water partition coefficient (Wildman–Crippen LogP) is -0.170. The fourth-order valence-electron chi connectivity index (χ4n) is 4.03. The molecule has 9 N–H and O–H groups in total. The zero-order chi connectivity index (χ0) is 24.9. The molecule has 1 heterocycles. The van der Waals surface area contributed by atoms with Crippen molar-refractivity contribution in [3.05, 3.63) is 34.5 Å². The maximum Gasteiger partial charge on any atom is 0.239 e. The maximum atomic E-state index is 13.3. The van der Waals surface area contributed by atoms with Gasteiger partial charge >= 0.3 is 0 Å². The van der Waals surface area contributed by atoms with E-state index in [0.29, 0.717) is 0 Å². The largest absolute Gasteiger partial charge is 0.508 e. The number of rotatable bonds is 4. The van der Waals surface area contributed by atoms with Crippen LogP contribution in [0.1, 0.15) is 6.42 Å². The minimum absolute atomic E-state index is 0.158. The van der Waals surface area contributed by atoms with Gasteiger partial charge in [0, 0.05) is 30.2 Å². The van der Waals surface area contributed by atoms with Crippen molar-refractivity contribution in [2.24, 2.45) is 5.92 Å². The first kappa shape index (κ1) is 23.4. The maximum absolute atomic E-state index is 13.3. The van der Waals surface area contributed by atoms with Crippen LogP contribution < -0.4 is 10.2 Å². The van der Waals surface area contributed by atoms with Crippen LogP contribution in [0.25, 0.3) is 22.3 Å². The van der Waals surface area contributed by atoms with Gasteiger partial charge in [-0.05, 0) is 18.6 Å². The summed E-state index contributed by atoms with van der Waals surface area (Å²) in [5, 5.41) is 89.2. The minimum Gasteiger partial charge on any atom is -0.508 e. The quantitative estimate of drug-likeness (QED) is 0.223. The zero-order valence-electron chi connectivity index (χ0n) is 17.4. The number of aliphatic hydroxyl groups is 4. The highest BCUT2D eigenvalue weighted by Gasteiger charge is 2.44. The smallest absolute Gasteiger partial charge is 0.239 e. The number of aliphatic hydroxyl groups excluding tert-OH is 4. The van der Waals surface area contributed by atoms with Gasteiger partial charge in [0.15, 0.2) is 23.0 Å². The number of hydrogen-bond donors (Lipinski definition) is 9. The average Bonchev–Trinajstić information content (AvgIpc) is 2.78. The normalized spacial score (nSPS) is 24.9. The van der Waals surface area contributed by atoms with E-state index in [1.54, 1.807) is 0 Å². The Kier molecular flexibility index (Phi) is 5.91. The van der Waals surface area contributed by atoms with E-state index in [-0.39, 0.29) is 17.6 Å². The number of fused-ring (bicyclic) bond motifs is 1. The van der Waals surface area contributed by atoms with Gasteiger partial charge < -0.3 is 55.1 Å². The Morgan fingerprint density at radius 2 is 1.53 bits per heavy atom. The summed E-state index contributed by atoms with van der Waals surface area (Å²) in [5.41, 5.74) is -1.41. The molecule has 5 atom stereocenters. The number of phenolic OH excluding ortho intramolecular Hbond substituents is 5. The zero-order valence-corrected chi connectivity index (χ0v) is 17.4. The molecular formula is C22H22O12. The lowest BCUT2D eigenvalue weighted by Gasteiger charge is -2.39. The van der Waals surface area contributed by atoms with E-state index in [2.05, 4.69) is 0 Å². The number of aromatic hydroxyl groups is 5. The van der Waals surface area contributed by atoms with Crippen LogP contribution in [0.5, 0.6) is 34.5 Å². The van der Waals surface area contributed by atoms with Gasteiger partial charge in [0.1, 0.15) is 40.8 Å². The third kappa shape index (κ3) is 3.82. The van der Waals surface area contributed by atoms with Crippen molar-refractivity contribution in [3.63, 3.8) is 0 Å². The molecule has 0 amide bonds. The third-order valence-corrected chi connectivity index (χ3v) is 5.85. The van der Waals surface area contributed by atoms with Crippen LogP contribution in [-0.4, -0.2) is 77.0 Å². The molecule has 1 saturated carbocycles. The Morgan fingerprint density at radius 1 is 0.882 bits per heavy atom. The molecule has 12 nitrogen and oxygen atoms in total. The molecule has 5 unspecified atom stereocenters. The molecule has 0 spiro atoms. The lowest BCUT2D eigenvalue weighted by molar-refractivity contribution is -0.157. The molecule has 1 aliphatic rings. The van der Waals surface area contributed by atoms with E-state index < -0.39 is 88.0 Å². The van der Waals surface area contributed by atoms with E-state index >= 15 is 0 Å². The molecular weight excluding hydrogens is 456 g/mol. The van der Waals surface area contributed by atoms with Crippen molar-refractivity contribution in [3.8, 4) is 45.8 Å². The molecule has 0 bridgehead atoms. The van der Waals surface area contributed by atoms with E-state index in [9.17, 15) is 50.8 Å². The number of phenols is 5. The van der Waals surface area contributed by atoms with Crippen LogP contribution in [0, 0.1) is 5.92 Å². The van der Waals surface area contributed by atoms with Crippen molar-refractivity contribution in [2.75, 3.05) is 6.61 Å². The monoisotopic (exact) mass is 478 g/mol. The number of benzene rings is 2. The average molecular weight is 478 g/mol. The number of ether oxygens (including phenoxy) is 1. The summed E-state index contributed by atoms with van der Waals surface area (Å²) in [6.45, 7) is -0.552. The highest BCUT2D eigenvalue weighted by Crippen LogP contribution is 2.43. The molecule has 0 saturated heterocycles. The summed E-state index contributed by atoms with van der Waals surface area (Å²) in [6, 6.07) is 3.81. The van der Waals surface area contributed by atoms with Gasteiger partial charge in [-0.1, -0.05) is 0 Å². The predicted molar refractivity (Wildman–Crippen MR) is 114 cm³/mol. The van der Waals surface area contributed by atoms with Gasteiger partial charge in [-0.3, -0.25) is 4.79 Å². The fraction of sp³-hybridized carbons (Fsp3) is 0.318. The van der Waals surface area contributed by atoms with Gasteiger partial charge in [-0.25, -0.2) is 0 Å². The third-order valence-electron chi connectivity index (χ3n) is 5.85. The van der Waals surface area contributed by atoms with Gasteiger partial charge in [-0.2, -0.15) is 0 Å². The SMILES string of the molecule is O=c1c(OC2CC(CO)C(O)C(O)C2O)c(-c2cc(O)c(O)c(O)c2)oc2cc(O)cc(O)c12. The van der Waals surface area contributed by atoms with Crippen LogP contribution >= 0.6 is 0 Å². The van der Waals surface area contributed by atoms with E-state index in [0.717, 1.165) is 24.3 Å². The molecule has 1 aliphatic carbocycles. The van der Waals surface area contributed by atoms with E-state index in [1.807, 2.05) is 0 Å². The van der Waals surface area contributed by atoms with Crippen LogP contribution in [0.15, 0.2) is 33.5 Å².